The van der Waals surface area contributed by atoms with Gasteiger partial charge in [-0.15, -0.1) is 0 Å². The number of halogens is 1. The van der Waals surface area contributed by atoms with E-state index in [0.717, 1.165) is 12.0 Å². The maximum atomic E-state index is 12.9. The number of hydrogen-bond donors (Lipinski definition) is 0. The number of carbonyl (C=O) groups is 1. The molecular weight excluding hydrogens is 420 g/mol. The van der Waals surface area contributed by atoms with E-state index in [-0.39, 0.29) is 17.5 Å². The number of ether oxygens (including phenoxy) is 1. The molecule has 0 unspecified atom stereocenters. The lowest BCUT2D eigenvalue weighted by Crippen LogP contribution is -2.51. The van der Waals surface area contributed by atoms with Gasteiger partial charge in [0.2, 0.25) is 10.0 Å². The van der Waals surface area contributed by atoms with Crippen molar-refractivity contribution in [3.05, 3.63) is 29.8 Å². The van der Waals surface area contributed by atoms with Crippen LogP contribution in [0.3, 0.4) is 0 Å². The van der Waals surface area contributed by atoms with Crippen molar-refractivity contribution in [3.8, 4) is 0 Å². The van der Waals surface area contributed by atoms with Crippen LogP contribution >= 0.6 is 15.9 Å². The summed E-state index contributed by atoms with van der Waals surface area (Å²) < 4.78 is 32.7. The van der Waals surface area contributed by atoms with Crippen molar-refractivity contribution in [3.63, 3.8) is 0 Å². The molecule has 1 aliphatic heterocycles. The summed E-state index contributed by atoms with van der Waals surface area (Å²) >= 11 is 3.36. The Morgan fingerprint density at radius 3 is 2.46 bits per heavy atom. The standard InChI is InChI=1S/C18H27BrN2O4S/c1-18(2,3)25-17(22)20(4)15-6-5-11-21(13-15)26(23,24)16-9-7-14(12-19)8-10-16/h7-10,15H,5-6,11-13H2,1-4H3/t15-/m1/s1. The zero-order valence-electron chi connectivity index (χ0n) is 15.7. The number of rotatable bonds is 4. The first-order valence-corrected chi connectivity index (χ1v) is 11.2. The van der Waals surface area contributed by atoms with Gasteiger partial charge >= 0.3 is 6.09 Å². The molecule has 1 heterocycles. The number of carbonyl (C=O) groups excluding carboxylic acids is 1. The first-order valence-electron chi connectivity index (χ1n) is 8.65. The summed E-state index contributed by atoms with van der Waals surface area (Å²) in [6, 6.07) is 6.67. The molecule has 1 atom stereocenters. The van der Waals surface area contributed by atoms with Crippen LogP contribution in [-0.2, 0) is 20.1 Å². The van der Waals surface area contributed by atoms with Gasteiger partial charge in [-0.25, -0.2) is 13.2 Å². The number of hydrogen-bond acceptors (Lipinski definition) is 4. The first-order chi connectivity index (χ1) is 12.0. The first kappa shape index (κ1) is 21.2. The molecule has 2 rings (SSSR count). The van der Waals surface area contributed by atoms with Crippen LogP contribution in [0.25, 0.3) is 0 Å². The second kappa shape index (κ2) is 8.27. The topological polar surface area (TPSA) is 66.9 Å². The second-order valence-corrected chi connectivity index (χ2v) is 10.0. The third kappa shape index (κ3) is 5.20. The molecule has 26 heavy (non-hydrogen) atoms. The van der Waals surface area contributed by atoms with Gasteiger partial charge < -0.3 is 9.64 Å². The summed E-state index contributed by atoms with van der Waals surface area (Å²) in [6.45, 7) is 6.17. The van der Waals surface area contributed by atoms with Crippen LogP contribution in [0.1, 0.15) is 39.2 Å². The van der Waals surface area contributed by atoms with Gasteiger partial charge in [-0.3, -0.25) is 0 Å². The number of piperidine rings is 1. The lowest BCUT2D eigenvalue weighted by Gasteiger charge is -2.37. The van der Waals surface area contributed by atoms with Crippen LogP contribution in [0.5, 0.6) is 0 Å². The Morgan fingerprint density at radius 2 is 1.92 bits per heavy atom. The monoisotopic (exact) mass is 446 g/mol. The number of alkyl halides is 1. The van der Waals surface area contributed by atoms with Crippen LogP contribution in [0.4, 0.5) is 4.79 Å². The minimum absolute atomic E-state index is 0.199. The molecule has 1 fully saturated rings. The number of amides is 1. The number of benzene rings is 1. The predicted molar refractivity (Wildman–Crippen MR) is 105 cm³/mol. The van der Waals surface area contributed by atoms with Crippen LogP contribution in [0.15, 0.2) is 29.2 Å². The highest BCUT2D eigenvalue weighted by Crippen LogP contribution is 2.24. The van der Waals surface area contributed by atoms with Gasteiger partial charge in [0.15, 0.2) is 0 Å². The third-order valence-electron chi connectivity index (χ3n) is 4.30. The SMILES string of the molecule is CN(C(=O)OC(C)(C)C)[C@@H]1CCCN(S(=O)(=O)c2ccc(CBr)cc2)C1. The predicted octanol–water partition coefficient (Wildman–Crippen LogP) is 3.60. The van der Waals surface area contributed by atoms with E-state index in [1.807, 2.05) is 20.8 Å². The largest absolute Gasteiger partial charge is 0.444 e. The van der Waals surface area contributed by atoms with Gasteiger partial charge in [-0.05, 0) is 51.3 Å². The molecule has 1 aromatic carbocycles. The molecule has 0 bridgehead atoms. The minimum atomic E-state index is -3.58. The van der Waals surface area contributed by atoms with Crippen molar-refractivity contribution in [1.29, 1.82) is 0 Å². The van der Waals surface area contributed by atoms with Gasteiger partial charge in [-0.1, -0.05) is 28.1 Å². The molecule has 0 saturated carbocycles. The fourth-order valence-corrected chi connectivity index (χ4v) is 4.73. The molecule has 1 aliphatic rings. The highest BCUT2D eigenvalue weighted by atomic mass is 79.9. The summed E-state index contributed by atoms with van der Waals surface area (Å²) in [5.74, 6) is 0. The molecule has 1 saturated heterocycles. The molecule has 0 N–H and O–H groups in total. The smallest absolute Gasteiger partial charge is 0.410 e. The lowest BCUT2D eigenvalue weighted by atomic mass is 10.1. The van der Waals surface area contributed by atoms with E-state index in [9.17, 15) is 13.2 Å². The summed E-state index contributed by atoms with van der Waals surface area (Å²) in [5, 5.41) is 0.680. The average Bonchev–Trinajstić information content (AvgIpc) is 2.59. The molecular formula is C18H27BrN2O4S. The Balaban J connectivity index is 2.12. The molecule has 146 valence electrons. The van der Waals surface area contributed by atoms with Crippen molar-refractivity contribution in [1.82, 2.24) is 9.21 Å². The van der Waals surface area contributed by atoms with Crippen LogP contribution in [0, 0.1) is 0 Å². The van der Waals surface area contributed by atoms with Gasteiger partial charge in [0, 0.05) is 31.5 Å². The normalized spacial score (nSPS) is 19.2. The Morgan fingerprint density at radius 1 is 1.31 bits per heavy atom. The van der Waals surface area contributed by atoms with E-state index >= 15 is 0 Å². The molecule has 8 heteroatoms. The van der Waals surface area contributed by atoms with Gasteiger partial charge in [0.05, 0.1) is 4.90 Å². The van der Waals surface area contributed by atoms with Crippen LogP contribution in [-0.4, -0.2) is 55.5 Å². The summed E-state index contributed by atoms with van der Waals surface area (Å²) in [6.07, 6.45) is 1.03. The Hall–Kier alpha value is -1.12. The number of sulfonamides is 1. The zero-order valence-corrected chi connectivity index (χ0v) is 18.1. The fourth-order valence-electron chi connectivity index (χ4n) is 2.84. The van der Waals surface area contributed by atoms with E-state index in [1.54, 1.807) is 31.3 Å². The fraction of sp³-hybridized carbons (Fsp3) is 0.611. The Bertz CT molecular complexity index is 729. The third-order valence-corrected chi connectivity index (χ3v) is 6.83. The Kier molecular flexibility index (Phi) is 6.74. The number of likely N-dealkylation sites (N-methyl/N-ethyl adjacent to an activating group) is 1. The summed E-state index contributed by atoms with van der Waals surface area (Å²) in [7, 11) is -1.91. The maximum absolute atomic E-state index is 12.9. The van der Waals surface area contributed by atoms with Crippen molar-refractivity contribution in [2.24, 2.45) is 0 Å². The lowest BCUT2D eigenvalue weighted by molar-refractivity contribution is 0.0173. The van der Waals surface area contributed by atoms with Gasteiger partial charge in [0.25, 0.3) is 0 Å². The van der Waals surface area contributed by atoms with E-state index in [2.05, 4.69) is 15.9 Å². The maximum Gasteiger partial charge on any atom is 0.410 e. The van der Waals surface area contributed by atoms with E-state index < -0.39 is 21.7 Å². The number of nitrogens with zero attached hydrogens (tertiary/aromatic N) is 2. The molecule has 6 nitrogen and oxygen atoms in total. The Labute approximate surface area is 164 Å². The zero-order chi connectivity index (χ0) is 19.5. The second-order valence-electron chi connectivity index (χ2n) is 7.53. The molecule has 1 aromatic rings. The average molecular weight is 447 g/mol. The molecule has 1 amide bonds. The van der Waals surface area contributed by atoms with Crippen molar-refractivity contribution < 1.29 is 17.9 Å². The van der Waals surface area contributed by atoms with Crippen molar-refractivity contribution in [2.75, 3.05) is 20.1 Å². The summed E-state index contributed by atoms with van der Waals surface area (Å²) in [5.41, 5.74) is 0.438. The quantitative estimate of drug-likeness (QED) is 0.662. The van der Waals surface area contributed by atoms with Crippen LogP contribution in [0.2, 0.25) is 0 Å². The molecule has 0 aromatic heterocycles. The van der Waals surface area contributed by atoms with E-state index in [1.165, 1.54) is 9.21 Å². The van der Waals surface area contributed by atoms with Crippen LogP contribution < -0.4 is 0 Å². The van der Waals surface area contributed by atoms with E-state index in [0.29, 0.717) is 18.3 Å². The van der Waals surface area contributed by atoms with Crippen molar-refractivity contribution >= 4 is 32.0 Å². The van der Waals surface area contributed by atoms with Crippen molar-refractivity contribution in [2.45, 2.75) is 55.5 Å². The molecule has 0 spiro atoms. The van der Waals surface area contributed by atoms with Gasteiger partial charge in [-0.2, -0.15) is 4.31 Å². The van der Waals surface area contributed by atoms with E-state index in [4.69, 9.17) is 4.74 Å². The molecule has 0 aliphatic carbocycles. The highest BCUT2D eigenvalue weighted by molar-refractivity contribution is 9.08. The summed E-state index contributed by atoms with van der Waals surface area (Å²) in [4.78, 5) is 14.1. The highest BCUT2D eigenvalue weighted by Gasteiger charge is 2.34. The van der Waals surface area contributed by atoms with Gasteiger partial charge in [0.1, 0.15) is 5.60 Å². The minimum Gasteiger partial charge on any atom is -0.444 e. The molecule has 0 radical (unpaired) electrons.